The van der Waals surface area contributed by atoms with Crippen LogP contribution in [0.1, 0.15) is 11.1 Å². The Labute approximate surface area is 76.7 Å². The summed E-state index contributed by atoms with van der Waals surface area (Å²) in [5, 5.41) is 17.3. The molecular weight excluding hydrogens is 164 g/mol. The standard InChI is InChI=1S/C10H10N2O/c11-7-9-8(4-2-6-13)3-1-5-10(9)12/h1-5,13H,6,12H2. The molecule has 0 fully saturated rings. The van der Waals surface area contributed by atoms with Gasteiger partial charge in [0.1, 0.15) is 6.07 Å². The van der Waals surface area contributed by atoms with Crippen molar-refractivity contribution in [2.45, 2.75) is 0 Å². The summed E-state index contributed by atoms with van der Waals surface area (Å²) >= 11 is 0. The molecule has 0 heterocycles. The van der Waals surface area contributed by atoms with Crippen molar-refractivity contribution in [3.8, 4) is 6.07 Å². The maximum atomic E-state index is 8.77. The van der Waals surface area contributed by atoms with Crippen molar-refractivity contribution >= 4 is 11.8 Å². The van der Waals surface area contributed by atoms with Gasteiger partial charge in [0.2, 0.25) is 0 Å². The van der Waals surface area contributed by atoms with Crippen LogP contribution in [0.3, 0.4) is 0 Å². The molecule has 3 heteroatoms. The minimum absolute atomic E-state index is 0.0420. The topological polar surface area (TPSA) is 70.0 Å². The minimum Gasteiger partial charge on any atom is -0.398 e. The molecule has 0 aliphatic carbocycles. The van der Waals surface area contributed by atoms with Crippen LogP contribution in [0.25, 0.3) is 6.08 Å². The van der Waals surface area contributed by atoms with Crippen molar-refractivity contribution in [1.82, 2.24) is 0 Å². The maximum Gasteiger partial charge on any atom is 0.102 e. The first-order chi connectivity index (χ1) is 6.29. The van der Waals surface area contributed by atoms with E-state index in [9.17, 15) is 0 Å². The summed E-state index contributed by atoms with van der Waals surface area (Å²) in [6.07, 6.45) is 3.24. The fourth-order valence-electron chi connectivity index (χ4n) is 1.04. The van der Waals surface area contributed by atoms with Gasteiger partial charge in [-0.3, -0.25) is 0 Å². The molecule has 0 aliphatic rings. The van der Waals surface area contributed by atoms with Crippen molar-refractivity contribution in [3.05, 3.63) is 35.4 Å². The number of nitrogens with zero attached hydrogens (tertiary/aromatic N) is 1. The molecule has 0 saturated carbocycles. The van der Waals surface area contributed by atoms with Crippen LogP contribution in [0, 0.1) is 11.3 Å². The average Bonchev–Trinajstić information content (AvgIpc) is 2.15. The second kappa shape index (κ2) is 4.29. The van der Waals surface area contributed by atoms with E-state index in [2.05, 4.69) is 0 Å². The van der Waals surface area contributed by atoms with Crippen LogP contribution in [-0.2, 0) is 0 Å². The van der Waals surface area contributed by atoms with Crippen LogP contribution in [0.2, 0.25) is 0 Å². The monoisotopic (exact) mass is 174 g/mol. The molecule has 13 heavy (non-hydrogen) atoms. The summed E-state index contributed by atoms with van der Waals surface area (Å²) in [6.45, 7) is -0.0420. The molecule has 0 radical (unpaired) electrons. The molecule has 0 atom stereocenters. The molecule has 0 amide bonds. The normalized spacial score (nSPS) is 10.2. The van der Waals surface area contributed by atoms with Crippen molar-refractivity contribution < 1.29 is 5.11 Å². The van der Waals surface area contributed by atoms with Gasteiger partial charge in [0, 0.05) is 0 Å². The Balaban J connectivity index is 3.15. The lowest BCUT2D eigenvalue weighted by Gasteiger charge is -2.00. The van der Waals surface area contributed by atoms with Crippen LogP contribution in [-0.4, -0.2) is 11.7 Å². The van der Waals surface area contributed by atoms with E-state index in [1.54, 1.807) is 30.4 Å². The Morgan fingerprint density at radius 1 is 1.54 bits per heavy atom. The van der Waals surface area contributed by atoms with Crippen molar-refractivity contribution in [2.24, 2.45) is 0 Å². The first-order valence-corrected chi connectivity index (χ1v) is 3.85. The third kappa shape index (κ3) is 2.08. The van der Waals surface area contributed by atoms with E-state index in [-0.39, 0.29) is 6.61 Å². The first-order valence-electron chi connectivity index (χ1n) is 3.85. The number of nitriles is 1. The summed E-state index contributed by atoms with van der Waals surface area (Å²) in [5.41, 5.74) is 7.23. The van der Waals surface area contributed by atoms with Gasteiger partial charge < -0.3 is 10.8 Å². The molecule has 0 unspecified atom stereocenters. The number of rotatable bonds is 2. The highest BCUT2D eigenvalue weighted by Crippen LogP contribution is 2.16. The van der Waals surface area contributed by atoms with Gasteiger partial charge in [-0.05, 0) is 11.6 Å². The van der Waals surface area contributed by atoms with Gasteiger partial charge in [0.25, 0.3) is 0 Å². The highest BCUT2D eigenvalue weighted by atomic mass is 16.2. The van der Waals surface area contributed by atoms with E-state index in [1.165, 1.54) is 0 Å². The SMILES string of the molecule is N#Cc1c(N)cccc1C=CCO. The maximum absolute atomic E-state index is 8.77. The highest BCUT2D eigenvalue weighted by Gasteiger charge is 2.00. The Kier molecular flexibility index (Phi) is 3.07. The second-order valence-electron chi connectivity index (χ2n) is 2.51. The van der Waals surface area contributed by atoms with Gasteiger partial charge in [-0.15, -0.1) is 0 Å². The Morgan fingerprint density at radius 3 is 2.92 bits per heavy atom. The zero-order valence-electron chi connectivity index (χ0n) is 7.07. The van der Waals surface area contributed by atoms with Crippen molar-refractivity contribution in [1.29, 1.82) is 5.26 Å². The fraction of sp³-hybridized carbons (Fsp3) is 0.100. The van der Waals surface area contributed by atoms with E-state index in [4.69, 9.17) is 16.1 Å². The Bertz CT molecular complexity index is 364. The molecule has 1 aromatic rings. The number of aliphatic hydroxyl groups excluding tert-OH is 1. The molecule has 3 nitrogen and oxygen atoms in total. The van der Waals surface area contributed by atoms with Crippen LogP contribution < -0.4 is 5.73 Å². The van der Waals surface area contributed by atoms with E-state index < -0.39 is 0 Å². The second-order valence-corrected chi connectivity index (χ2v) is 2.51. The third-order valence-corrected chi connectivity index (χ3v) is 1.64. The van der Waals surface area contributed by atoms with E-state index >= 15 is 0 Å². The molecule has 0 bridgehead atoms. The van der Waals surface area contributed by atoms with Gasteiger partial charge >= 0.3 is 0 Å². The molecule has 3 N–H and O–H groups in total. The van der Waals surface area contributed by atoms with Gasteiger partial charge in [-0.2, -0.15) is 5.26 Å². The summed E-state index contributed by atoms with van der Waals surface area (Å²) in [6, 6.07) is 7.24. The lowest BCUT2D eigenvalue weighted by molar-refractivity contribution is 0.343. The number of nitrogen functional groups attached to an aromatic ring is 1. The first kappa shape index (κ1) is 9.30. The molecule has 0 aliphatic heterocycles. The predicted molar refractivity (Wildman–Crippen MR) is 51.7 cm³/mol. The van der Waals surface area contributed by atoms with Crippen LogP contribution >= 0.6 is 0 Å². The van der Waals surface area contributed by atoms with Crippen LogP contribution in [0.4, 0.5) is 5.69 Å². The smallest absolute Gasteiger partial charge is 0.102 e. The van der Waals surface area contributed by atoms with Gasteiger partial charge in [0.05, 0.1) is 17.9 Å². The average molecular weight is 174 g/mol. The highest BCUT2D eigenvalue weighted by molar-refractivity contribution is 5.67. The van der Waals surface area contributed by atoms with Crippen molar-refractivity contribution in [3.63, 3.8) is 0 Å². The number of hydrogen-bond donors (Lipinski definition) is 2. The van der Waals surface area contributed by atoms with Gasteiger partial charge in [0.15, 0.2) is 0 Å². The third-order valence-electron chi connectivity index (χ3n) is 1.64. The summed E-state index contributed by atoms with van der Waals surface area (Å²) in [7, 11) is 0. The Morgan fingerprint density at radius 2 is 2.31 bits per heavy atom. The lowest BCUT2D eigenvalue weighted by Crippen LogP contribution is -1.92. The minimum atomic E-state index is -0.0420. The summed E-state index contributed by atoms with van der Waals surface area (Å²) in [5.74, 6) is 0. The predicted octanol–water partition coefficient (Wildman–Crippen LogP) is 1.15. The Hall–Kier alpha value is -1.79. The number of hydrogen-bond acceptors (Lipinski definition) is 3. The van der Waals surface area contributed by atoms with E-state index in [1.807, 2.05) is 6.07 Å². The molecule has 0 saturated heterocycles. The number of benzene rings is 1. The molecule has 0 aromatic heterocycles. The van der Waals surface area contributed by atoms with Crippen molar-refractivity contribution in [2.75, 3.05) is 12.3 Å². The molecule has 1 rings (SSSR count). The van der Waals surface area contributed by atoms with Gasteiger partial charge in [-0.1, -0.05) is 24.3 Å². The van der Waals surface area contributed by atoms with E-state index in [0.29, 0.717) is 11.3 Å². The largest absolute Gasteiger partial charge is 0.398 e. The number of nitrogens with two attached hydrogens (primary N) is 1. The fourth-order valence-corrected chi connectivity index (χ4v) is 1.04. The summed E-state index contributed by atoms with van der Waals surface area (Å²) in [4.78, 5) is 0. The van der Waals surface area contributed by atoms with Crippen LogP contribution in [0.15, 0.2) is 24.3 Å². The zero-order valence-corrected chi connectivity index (χ0v) is 7.07. The van der Waals surface area contributed by atoms with Gasteiger partial charge in [-0.25, -0.2) is 0 Å². The molecular formula is C10H10N2O. The molecule has 0 spiro atoms. The quantitative estimate of drug-likeness (QED) is 0.660. The van der Waals surface area contributed by atoms with E-state index in [0.717, 1.165) is 5.56 Å². The number of aliphatic hydroxyl groups is 1. The lowest BCUT2D eigenvalue weighted by atomic mass is 10.1. The molecule has 66 valence electrons. The zero-order chi connectivity index (χ0) is 9.68. The summed E-state index contributed by atoms with van der Waals surface area (Å²) < 4.78 is 0. The molecule has 1 aromatic carbocycles. The number of anilines is 1. The van der Waals surface area contributed by atoms with Crippen LogP contribution in [0.5, 0.6) is 0 Å².